The van der Waals surface area contributed by atoms with E-state index in [1.54, 1.807) is 0 Å². The van der Waals surface area contributed by atoms with Crippen molar-refractivity contribution in [3.05, 3.63) is 60.2 Å². The molecule has 0 unspecified atom stereocenters. The fourth-order valence-electron chi connectivity index (χ4n) is 1.29. The van der Waals surface area contributed by atoms with Gasteiger partial charge in [-0.2, -0.15) is 12.1 Å². The van der Waals surface area contributed by atoms with E-state index in [-0.39, 0.29) is 17.1 Å². The first kappa shape index (κ1) is 15.2. The SMILES string of the molecule is C[C@@H]([c-]1cccc1)N(C)C.[Fe].[cH-]1[cH-][cH-][cH-][cH-]1. The molecule has 1 nitrogen and oxygen atoms in total. The second-order valence-electron chi connectivity index (χ2n) is 3.82. The van der Waals surface area contributed by atoms with Gasteiger partial charge in [0.25, 0.3) is 0 Å². The fraction of sp³-hybridized carbons (Fsp3) is 0.286. The molecular weight excluding hydrogens is 238 g/mol. The van der Waals surface area contributed by atoms with E-state index < -0.39 is 0 Å². The van der Waals surface area contributed by atoms with E-state index in [0.29, 0.717) is 6.04 Å². The molecule has 0 amide bonds. The zero-order chi connectivity index (χ0) is 11.1. The number of hydrogen-bond donors (Lipinski definition) is 0. The van der Waals surface area contributed by atoms with Gasteiger partial charge in [0.05, 0.1) is 0 Å². The van der Waals surface area contributed by atoms with E-state index in [1.807, 2.05) is 30.3 Å². The topological polar surface area (TPSA) is 3.24 Å². The molecule has 0 aliphatic carbocycles. The summed E-state index contributed by atoms with van der Waals surface area (Å²) in [5.41, 5.74) is 1.39. The van der Waals surface area contributed by atoms with Crippen LogP contribution >= 0.6 is 0 Å². The van der Waals surface area contributed by atoms with Gasteiger partial charge in [0.15, 0.2) is 0 Å². The van der Waals surface area contributed by atoms with Gasteiger partial charge in [-0.1, -0.05) is 6.92 Å². The van der Waals surface area contributed by atoms with Gasteiger partial charge in [-0.05, 0) is 20.1 Å². The van der Waals surface area contributed by atoms with Gasteiger partial charge in [0.2, 0.25) is 0 Å². The van der Waals surface area contributed by atoms with Crippen LogP contribution in [0.4, 0.5) is 0 Å². The maximum Gasteiger partial charge on any atom is 0 e. The molecule has 0 heterocycles. The molecule has 2 aromatic carbocycles. The Morgan fingerprint density at radius 1 is 0.938 bits per heavy atom. The normalized spacial score (nSPS) is 11.2. The first-order chi connectivity index (χ1) is 7.22. The molecule has 0 aliphatic rings. The van der Waals surface area contributed by atoms with E-state index in [2.05, 4.69) is 50.2 Å². The molecule has 0 radical (unpaired) electrons. The monoisotopic (exact) mass is 257 g/mol. The van der Waals surface area contributed by atoms with Gasteiger partial charge in [-0.3, -0.25) is 0 Å². The Morgan fingerprint density at radius 3 is 1.62 bits per heavy atom. The van der Waals surface area contributed by atoms with E-state index in [9.17, 15) is 0 Å². The maximum atomic E-state index is 2.20. The minimum absolute atomic E-state index is 0. The van der Waals surface area contributed by atoms with E-state index in [1.165, 1.54) is 5.56 Å². The predicted octanol–water partition coefficient (Wildman–Crippen LogP) is 3.43. The first-order valence-corrected chi connectivity index (χ1v) is 5.26. The Morgan fingerprint density at radius 2 is 1.31 bits per heavy atom. The van der Waals surface area contributed by atoms with Crippen molar-refractivity contribution in [1.29, 1.82) is 0 Å². The Balaban J connectivity index is 0.000000318. The quantitative estimate of drug-likeness (QED) is 0.588. The molecule has 0 aliphatic heterocycles. The van der Waals surface area contributed by atoms with Crippen LogP contribution in [-0.4, -0.2) is 19.0 Å². The van der Waals surface area contributed by atoms with Crippen molar-refractivity contribution in [3.63, 3.8) is 0 Å². The Bertz CT molecular complexity index is 304. The summed E-state index contributed by atoms with van der Waals surface area (Å²) < 4.78 is 0. The molecule has 0 spiro atoms. The summed E-state index contributed by atoms with van der Waals surface area (Å²) in [5.74, 6) is 0. The number of hydrogen-bond acceptors (Lipinski definition) is 1. The molecule has 2 rings (SSSR count). The summed E-state index contributed by atoms with van der Waals surface area (Å²) in [4.78, 5) is 2.20. The van der Waals surface area contributed by atoms with Gasteiger partial charge in [0, 0.05) is 17.1 Å². The average Bonchev–Trinajstić information content (AvgIpc) is 2.92. The van der Waals surface area contributed by atoms with Gasteiger partial charge >= 0.3 is 0 Å². The summed E-state index contributed by atoms with van der Waals surface area (Å²) in [5, 5.41) is 0. The Kier molecular flexibility index (Phi) is 7.92. The van der Waals surface area contributed by atoms with Crippen LogP contribution in [0.25, 0.3) is 0 Å². The van der Waals surface area contributed by atoms with Crippen molar-refractivity contribution in [2.45, 2.75) is 13.0 Å². The van der Waals surface area contributed by atoms with Crippen LogP contribution in [0.5, 0.6) is 0 Å². The summed E-state index contributed by atoms with van der Waals surface area (Å²) >= 11 is 0. The molecule has 0 saturated heterocycles. The summed E-state index contributed by atoms with van der Waals surface area (Å²) in [7, 11) is 4.19. The van der Waals surface area contributed by atoms with Crippen LogP contribution < -0.4 is 0 Å². The summed E-state index contributed by atoms with van der Waals surface area (Å²) in [6.07, 6.45) is 0. The Labute approximate surface area is 109 Å². The minimum Gasteiger partial charge on any atom is -0.748 e. The third-order valence-corrected chi connectivity index (χ3v) is 2.50. The molecule has 2 heteroatoms. The Hall–Kier alpha value is -0.821. The second-order valence-corrected chi connectivity index (χ2v) is 3.82. The summed E-state index contributed by atoms with van der Waals surface area (Å²) in [6, 6.07) is 19.0. The molecule has 16 heavy (non-hydrogen) atoms. The molecule has 0 fully saturated rings. The van der Waals surface area contributed by atoms with Crippen LogP contribution in [0.15, 0.2) is 54.6 Å². The van der Waals surface area contributed by atoms with Gasteiger partial charge in [0.1, 0.15) is 0 Å². The van der Waals surface area contributed by atoms with Gasteiger partial charge < -0.3 is 35.2 Å². The van der Waals surface area contributed by atoms with Crippen molar-refractivity contribution in [2.75, 3.05) is 14.1 Å². The second kappa shape index (κ2) is 8.35. The zero-order valence-electron chi connectivity index (χ0n) is 10.1. The average molecular weight is 257 g/mol. The van der Waals surface area contributed by atoms with Crippen LogP contribution in [0.3, 0.4) is 0 Å². The van der Waals surface area contributed by atoms with Crippen LogP contribution in [0.1, 0.15) is 18.5 Å². The zero-order valence-corrected chi connectivity index (χ0v) is 11.2. The first-order valence-electron chi connectivity index (χ1n) is 5.26. The van der Waals surface area contributed by atoms with E-state index in [0.717, 1.165) is 0 Å². The van der Waals surface area contributed by atoms with Crippen molar-refractivity contribution < 1.29 is 17.1 Å². The number of rotatable bonds is 2. The van der Waals surface area contributed by atoms with Crippen LogP contribution in [0.2, 0.25) is 0 Å². The van der Waals surface area contributed by atoms with Crippen molar-refractivity contribution in [3.8, 4) is 0 Å². The van der Waals surface area contributed by atoms with Crippen molar-refractivity contribution in [1.82, 2.24) is 4.90 Å². The molecule has 94 valence electrons. The minimum atomic E-state index is 0. The van der Waals surface area contributed by atoms with Crippen LogP contribution in [0, 0.1) is 0 Å². The van der Waals surface area contributed by atoms with Gasteiger partial charge in [-0.25, -0.2) is 12.1 Å². The maximum absolute atomic E-state index is 2.20. The van der Waals surface area contributed by atoms with Gasteiger partial charge in [-0.15, -0.1) is 5.56 Å². The van der Waals surface area contributed by atoms with E-state index in [4.69, 9.17) is 0 Å². The van der Waals surface area contributed by atoms with E-state index >= 15 is 0 Å². The smallest absolute Gasteiger partial charge is 0 e. The third-order valence-electron chi connectivity index (χ3n) is 2.50. The standard InChI is InChI=1S/C9H14N.C5H5.Fe/c1-8(10(2)3)9-6-4-5-7-9;1-2-4-5-3-1;/h4-8H,1-3H3;1-5H;/q-1;-5;/t8-;;/m0../s1. The summed E-state index contributed by atoms with van der Waals surface area (Å²) in [6.45, 7) is 2.20. The fourth-order valence-corrected chi connectivity index (χ4v) is 1.29. The number of nitrogens with zero attached hydrogens (tertiary/aromatic N) is 1. The molecule has 0 N–H and O–H groups in total. The largest absolute Gasteiger partial charge is 0.748 e. The molecule has 0 bridgehead atoms. The molecule has 1 atom stereocenters. The van der Waals surface area contributed by atoms with Crippen molar-refractivity contribution >= 4 is 0 Å². The predicted molar refractivity (Wildman–Crippen MR) is 66.2 cm³/mol. The third kappa shape index (κ3) is 5.31. The molecule has 0 saturated carbocycles. The molecule has 0 aromatic heterocycles. The van der Waals surface area contributed by atoms with Crippen molar-refractivity contribution in [2.24, 2.45) is 0 Å². The molecule has 2 aromatic rings. The van der Waals surface area contributed by atoms with Crippen LogP contribution in [-0.2, 0) is 17.1 Å². The molecular formula is C14H19FeN-6.